The van der Waals surface area contributed by atoms with E-state index in [4.69, 9.17) is 18.6 Å². The van der Waals surface area contributed by atoms with E-state index in [9.17, 15) is 4.79 Å². The van der Waals surface area contributed by atoms with Gasteiger partial charge in [0.15, 0.2) is 0 Å². The Morgan fingerprint density at radius 1 is 0.875 bits per heavy atom. The van der Waals surface area contributed by atoms with Crippen LogP contribution in [-0.2, 0) is 4.74 Å². The maximum Gasteiger partial charge on any atom is 0.339 e. The summed E-state index contributed by atoms with van der Waals surface area (Å²) in [5.41, 5.74) is 4.71. The van der Waals surface area contributed by atoms with Gasteiger partial charge in [-0.1, -0.05) is 18.2 Å². The highest BCUT2D eigenvalue weighted by Crippen LogP contribution is 2.44. The summed E-state index contributed by atoms with van der Waals surface area (Å²) >= 11 is 0. The van der Waals surface area contributed by atoms with Gasteiger partial charge in [-0.3, -0.25) is 0 Å². The minimum absolute atomic E-state index is 0.295. The van der Waals surface area contributed by atoms with Gasteiger partial charge in [0.2, 0.25) is 0 Å². The van der Waals surface area contributed by atoms with E-state index in [-0.39, 0.29) is 5.97 Å². The highest BCUT2D eigenvalue weighted by atomic mass is 16.5. The molecule has 0 aliphatic heterocycles. The zero-order valence-corrected chi connectivity index (χ0v) is 18.7. The molecule has 2 aliphatic rings. The lowest BCUT2D eigenvalue weighted by molar-refractivity contribution is 0.0528. The second-order valence-corrected chi connectivity index (χ2v) is 7.31. The number of aryl methyl sites for hydroxylation is 1. The van der Waals surface area contributed by atoms with Crippen LogP contribution in [0.25, 0.3) is 33.6 Å². The van der Waals surface area contributed by atoms with Crippen molar-refractivity contribution in [3.8, 4) is 45.1 Å². The van der Waals surface area contributed by atoms with Crippen LogP contribution in [0.1, 0.15) is 30.0 Å². The molecule has 2 aliphatic carbocycles. The molecule has 0 atom stereocenters. The van der Waals surface area contributed by atoms with Crippen molar-refractivity contribution in [3.63, 3.8) is 0 Å². The minimum atomic E-state index is -0.363. The number of hydrogen-bond donors (Lipinski definition) is 0. The third-order valence-electron chi connectivity index (χ3n) is 5.37. The summed E-state index contributed by atoms with van der Waals surface area (Å²) in [6, 6.07) is 19.3. The van der Waals surface area contributed by atoms with Gasteiger partial charge in [-0.25, -0.2) is 4.79 Å². The first-order valence-electron chi connectivity index (χ1n) is 10.7. The third-order valence-corrected chi connectivity index (χ3v) is 5.37. The minimum Gasteiger partial charge on any atom is -0.497 e. The van der Waals surface area contributed by atoms with Crippen LogP contribution in [0.15, 0.2) is 65.1 Å². The zero-order valence-electron chi connectivity index (χ0n) is 18.7. The van der Waals surface area contributed by atoms with Gasteiger partial charge in [0.05, 0.1) is 25.9 Å². The lowest BCUT2D eigenvalue weighted by atomic mass is 10.0. The number of esters is 1. The van der Waals surface area contributed by atoms with Crippen LogP contribution in [0.5, 0.6) is 11.5 Å². The fourth-order valence-corrected chi connectivity index (χ4v) is 3.90. The normalized spacial score (nSPS) is 10.9. The molecule has 4 rings (SSSR count). The standard InChI is InChI=1S/C27H26O5/c1-5-30-24-10-8-7-9-20-22(24)15-23(26(20)27(28)31-6-2)21-16-25(32-17(21)3)18-11-13-19(29-4)14-12-18/h7-16H,5-6H2,1-4H3. The number of methoxy groups -OCH3 is 1. The predicted molar refractivity (Wildman–Crippen MR) is 125 cm³/mol. The van der Waals surface area contributed by atoms with Crippen molar-refractivity contribution in [3.05, 3.63) is 72.0 Å². The van der Waals surface area contributed by atoms with Gasteiger partial charge >= 0.3 is 5.97 Å². The first kappa shape index (κ1) is 21.5. The van der Waals surface area contributed by atoms with Crippen LogP contribution in [0, 0.1) is 6.92 Å². The number of ether oxygens (including phenoxy) is 3. The number of benzene rings is 1. The first-order valence-corrected chi connectivity index (χ1v) is 10.7. The summed E-state index contributed by atoms with van der Waals surface area (Å²) in [6.45, 7) is 6.47. The highest BCUT2D eigenvalue weighted by Gasteiger charge is 2.27. The molecule has 0 bridgehead atoms. The number of carbonyl (C=O) groups is 1. The lowest BCUT2D eigenvalue weighted by Gasteiger charge is -2.07. The fraction of sp³-hybridized carbons (Fsp3) is 0.222. The molecule has 1 aromatic carbocycles. The number of fused-ring (bicyclic) bond motifs is 1. The molecule has 164 valence electrons. The van der Waals surface area contributed by atoms with E-state index in [0.717, 1.165) is 50.8 Å². The van der Waals surface area contributed by atoms with E-state index in [2.05, 4.69) is 0 Å². The Balaban J connectivity index is 1.90. The van der Waals surface area contributed by atoms with Gasteiger partial charge in [0.1, 0.15) is 23.0 Å². The van der Waals surface area contributed by atoms with Crippen LogP contribution in [0.3, 0.4) is 0 Å². The van der Waals surface area contributed by atoms with E-state index < -0.39 is 0 Å². The summed E-state index contributed by atoms with van der Waals surface area (Å²) in [6.07, 6.45) is 0. The van der Waals surface area contributed by atoms with Crippen molar-refractivity contribution >= 4 is 5.97 Å². The molecule has 0 radical (unpaired) electrons. The maximum absolute atomic E-state index is 13.0. The molecule has 5 nitrogen and oxygen atoms in total. The maximum atomic E-state index is 13.0. The average molecular weight is 431 g/mol. The van der Waals surface area contributed by atoms with Crippen LogP contribution in [0.4, 0.5) is 0 Å². The van der Waals surface area contributed by atoms with Crippen molar-refractivity contribution < 1.29 is 23.4 Å². The van der Waals surface area contributed by atoms with Gasteiger partial charge in [0.25, 0.3) is 0 Å². The highest BCUT2D eigenvalue weighted by molar-refractivity contribution is 6.08. The molecule has 0 spiro atoms. The molecule has 2 aromatic rings. The third kappa shape index (κ3) is 3.94. The van der Waals surface area contributed by atoms with Crippen molar-refractivity contribution in [1.82, 2.24) is 0 Å². The van der Waals surface area contributed by atoms with Gasteiger partial charge in [0, 0.05) is 27.8 Å². The van der Waals surface area contributed by atoms with E-state index in [0.29, 0.717) is 18.8 Å². The average Bonchev–Trinajstić information content (AvgIpc) is 3.30. The van der Waals surface area contributed by atoms with Crippen molar-refractivity contribution in [2.45, 2.75) is 20.8 Å². The van der Waals surface area contributed by atoms with Crippen LogP contribution in [0.2, 0.25) is 0 Å². The number of hydrogen-bond acceptors (Lipinski definition) is 5. The Kier molecular flexibility index (Phi) is 6.17. The monoisotopic (exact) mass is 430 g/mol. The molecule has 0 fully saturated rings. The fourth-order valence-electron chi connectivity index (χ4n) is 3.90. The van der Waals surface area contributed by atoms with Crippen LogP contribution < -0.4 is 9.47 Å². The van der Waals surface area contributed by atoms with Crippen molar-refractivity contribution in [2.75, 3.05) is 20.3 Å². The van der Waals surface area contributed by atoms with Gasteiger partial charge < -0.3 is 18.6 Å². The van der Waals surface area contributed by atoms with Crippen LogP contribution >= 0.6 is 0 Å². The summed E-state index contributed by atoms with van der Waals surface area (Å²) in [5.74, 6) is 2.58. The van der Waals surface area contributed by atoms with Gasteiger partial charge in [-0.2, -0.15) is 0 Å². The molecule has 0 saturated carbocycles. The smallest absolute Gasteiger partial charge is 0.339 e. The van der Waals surface area contributed by atoms with Crippen LogP contribution in [-0.4, -0.2) is 26.3 Å². The number of carbonyl (C=O) groups excluding carboxylic acids is 1. The van der Waals surface area contributed by atoms with Crippen molar-refractivity contribution in [2.24, 2.45) is 0 Å². The number of rotatable bonds is 7. The summed E-state index contributed by atoms with van der Waals surface area (Å²) in [7, 11) is 1.64. The number of furan rings is 1. The van der Waals surface area contributed by atoms with E-state index in [1.807, 2.05) is 74.5 Å². The molecule has 0 saturated heterocycles. The molecule has 0 unspecified atom stereocenters. The Morgan fingerprint density at radius 3 is 2.31 bits per heavy atom. The molecule has 1 aromatic heterocycles. The first-order chi connectivity index (χ1) is 15.6. The van der Waals surface area contributed by atoms with E-state index >= 15 is 0 Å². The topological polar surface area (TPSA) is 57.9 Å². The summed E-state index contributed by atoms with van der Waals surface area (Å²) in [4.78, 5) is 13.0. The largest absolute Gasteiger partial charge is 0.497 e. The zero-order chi connectivity index (χ0) is 22.7. The predicted octanol–water partition coefficient (Wildman–Crippen LogP) is 6.61. The van der Waals surface area contributed by atoms with E-state index in [1.54, 1.807) is 14.0 Å². The molecule has 32 heavy (non-hydrogen) atoms. The van der Waals surface area contributed by atoms with Gasteiger partial charge in [-0.05, 0) is 63.2 Å². The molecular formula is C27H26O5. The SMILES string of the molecule is CCOC(=O)c1c2ccccc(OCC)c-2cc1-c1cc(-c2ccc(OC)cc2)oc1C. The summed E-state index contributed by atoms with van der Waals surface area (Å²) in [5, 5.41) is 0. The molecule has 5 heteroatoms. The molecule has 0 amide bonds. The summed E-state index contributed by atoms with van der Waals surface area (Å²) < 4.78 is 22.6. The van der Waals surface area contributed by atoms with E-state index in [1.165, 1.54) is 0 Å². The Bertz CT molecular complexity index is 1200. The van der Waals surface area contributed by atoms with Crippen molar-refractivity contribution in [1.29, 1.82) is 0 Å². The van der Waals surface area contributed by atoms with Gasteiger partial charge in [-0.15, -0.1) is 0 Å². The lowest BCUT2D eigenvalue weighted by Crippen LogP contribution is -2.06. The second-order valence-electron chi connectivity index (χ2n) is 7.31. The Labute approximate surface area is 187 Å². The second kappa shape index (κ2) is 9.18. The molecule has 1 heterocycles. The molecule has 0 N–H and O–H groups in total. The quantitative estimate of drug-likeness (QED) is 0.309. The molecular weight excluding hydrogens is 404 g/mol. The Hall–Kier alpha value is -3.73. The Morgan fingerprint density at radius 2 is 1.62 bits per heavy atom.